The van der Waals surface area contributed by atoms with Crippen LogP contribution in [0.3, 0.4) is 0 Å². The third kappa shape index (κ3) is 5.11. The first-order chi connectivity index (χ1) is 14.7. The number of rotatable bonds is 10. The summed E-state index contributed by atoms with van der Waals surface area (Å²) in [6.45, 7) is 5.47. The predicted octanol–water partition coefficient (Wildman–Crippen LogP) is 3.65. The van der Waals surface area contributed by atoms with Crippen molar-refractivity contribution in [2.75, 3.05) is 26.9 Å². The van der Waals surface area contributed by atoms with Gasteiger partial charge in [-0.2, -0.15) is 5.10 Å². The Kier molecular flexibility index (Phi) is 7.32. The molecule has 0 saturated heterocycles. The van der Waals surface area contributed by atoms with E-state index in [2.05, 4.69) is 10.4 Å². The lowest BCUT2D eigenvalue weighted by molar-refractivity contribution is 0.0945. The molecule has 7 nitrogen and oxygen atoms in total. The average Bonchev–Trinajstić information content (AvgIpc) is 3.21. The zero-order chi connectivity index (χ0) is 21.3. The number of hydrogen-bond donors (Lipinski definition) is 1. The minimum absolute atomic E-state index is 0.253. The lowest BCUT2D eigenvalue weighted by Crippen LogP contribution is -2.26. The Morgan fingerprint density at radius 1 is 1.00 bits per heavy atom. The Balaban J connectivity index is 1.65. The molecule has 2 aromatic carbocycles. The minimum Gasteiger partial charge on any atom is -0.493 e. The van der Waals surface area contributed by atoms with Crippen molar-refractivity contribution in [3.05, 3.63) is 66.0 Å². The number of amides is 1. The van der Waals surface area contributed by atoms with E-state index >= 15 is 0 Å². The van der Waals surface area contributed by atoms with Crippen LogP contribution in [0.4, 0.5) is 0 Å². The van der Waals surface area contributed by atoms with Gasteiger partial charge in [0, 0.05) is 6.54 Å². The molecular formula is C23H27N3O4. The zero-order valence-electron chi connectivity index (χ0n) is 17.6. The highest BCUT2D eigenvalue weighted by Crippen LogP contribution is 2.28. The summed E-state index contributed by atoms with van der Waals surface area (Å²) in [5.41, 5.74) is 2.15. The van der Waals surface area contributed by atoms with Gasteiger partial charge >= 0.3 is 0 Å². The second-order valence-corrected chi connectivity index (χ2v) is 6.48. The van der Waals surface area contributed by atoms with Gasteiger partial charge < -0.3 is 19.5 Å². The molecule has 1 aromatic heterocycles. The van der Waals surface area contributed by atoms with E-state index in [1.807, 2.05) is 62.4 Å². The summed E-state index contributed by atoms with van der Waals surface area (Å²) >= 11 is 0. The smallest absolute Gasteiger partial charge is 0.275 e. The van der Waals surface area contributed by atoms with Gasteiger partial charge in [0.25, 0.3) is 5.91 Å². The molecule has 0 atom stereocenters. The molecule has 7 heteroatoms. The highest BCUT2D eigenvalue weighted by atomic mass is 16.5. The van der Waals surface area contributed by atoms with Gasteiger partial charge in [-0.15, -0.1) is 0 Å². The van der Waals surface area contributed by atoms with Crippen LogP contribution >= 0.6 is 0 Å². The Hall–Kier alpha value is -3.48. The minimum atomic E-state index is -0.280. The molecule has 1 amide bonds. The number of aromatic nitrogens is 2. The second-order valence-electron chi connectivity index (χ2n) is 6.48. The molecule has 0 unspecified atom stereocenters. The normalized spacial score (nSPS) is 10.5. The van der Waals surface area contributed by atoms with Crippen molar-refractivity contribution < 1.29 is 19.0 Å². The summed E-state index contributed by atoms with van der Waals surface area (Å²) in [6.07, 6.45) is 2.35. The lowest BCUT2D eigenvalue weighted by atomic mass is 10.1. The maximum atomic E-state index is 12.7. The number of nitrogens with one attached hydrogen (secondary N) is 1. The molecule has 3 rings (SSSR count). The molecule has 0 aliphatic rings. The van der Waals surface area contributed by atoms with Crippen molar-refractivity contribution in [2.45, 2.75) is 20.3 Å². The van der Waals surface area contributed by atoms with Crippen LogP contribution in [0.2, 0.25) is 0 Å². The van der Waals surface area contributed by atoms with Crippen molar-refractivity contribution in [3.63, 3.8) is 0 Å². The summed E-state index contributed by atoms with van der Waals surface area (Å²) in [5.74, 6) is 1.59. The van der Waals surface area contributed by atoms with E-state index in [1.165, 1.54) is 7.11 Å². The topological polar surface area (TPSA) is 74.6 Å². The van der Waals surface area contributed by atoms with Crippen LogP contribution in [-0.4, -0.2) is 42.6 Å². The molecule has 0 fully saturated rings. The third-order valence-corrected chi connectivity index (χ3v) is 4.44. The van der Waals surface area contributed by atoms with Crippen LogP contribution in [-0.2, 0) is 6.42 Å². The quantitative estimate of drug-likeness (QED) is 0.553. The lowest BCUT2D eigenvalue weighted by Gasteiger charge is -2.12. The number of carbonyl (C=O) groups is 1. The summed E-state index contributed by atoms with van der Waals surface area (Å²) in [4.78, 5) is 12.7. The van der Waals surface area contributed by atoms with Gasteiger partial charge in [-0.25, -0.2) is 4.68 Å². The Bertz CT molecular complexity index is 970. The number of carbonyl (C=O) groups excluding carboxylic acids is 1. The number of methoxy groups -OCH3 is 1. The van der Waals surface area contributed by atoms with E-state index in [0.717, 1.165) is 17.0 Å². The predicted molar refractivity (Wildman–Crippen MR) is 115 cm³/mol. The molecule has 1 N–H and O–H groups in total. The van der Waals surface area contributed by atoms with Crippen molar-refractivity contribution in [2.24, 2.45) is 0 Å². The van der Waals surface area contributed by atoms with Gasteiger partial charge in [0.15, 0.2) is 22.9 Å². The number of nitrogens with zero attached hydrogens (tertiary/aromatic N) is 2. The Morgan fingerprint density at radius 3 is 2.43 bits per heavy atom. The number of para-hydroxylation sites is 1. The van der Waals surface area contributed by atoms with Crippen LogP contribution in [0.15, 0.2) is 54.7 Å². The van der Waals surface area contributed by atoms with E-state index < -0.39 is 0 Å². The van der Waals surface area contributed by atoms with Crippen molar-refractivity contribution in [1.29, 1.82) is 0 Å². The molecule has 158 valence electrons. The summed E-state index contributed by atoms with van der Waals surface area (Å²) in [6, 6.07) is 15.4. The van der Waals surface area contributed by atoms with E-state index in [4.69, 9.17) is 14.2 Å². The van der Waals surface area contributed by atoms with Gasteiger partial charge in [0.05, 0.1) is 32.2 Å². The highest BCUT2D eigenvalue weighted by Gasteiger charge is 2.18. The molecule has 0 aliphatic carbocycles. The molecule has 0 saturated carbocycles. The first kappa shape index (κ1) is 21.2. The van der Waals surface area contributed by atoms with Gasteiger partial charge in [-0.1, -0.05) is 24.3 Å². The van der Waals surface area contributed by atoms with E-state index in [0.29, 0.717) is 37.7 Å². The first-order valence-corrected chi connectivity index (χ1v) is 10.0. The molecule has 1 heterocycles. The summed E-state index contributed by atoms with van der Waals surface area (Å²) < 4.78 is 18.2. The fraction of sp³-hybridized carbons (Fsp3) is 0.304. The Labute approximate surface area is 176 Å². The standard InChI is InChI=1S/C23H27N3O4/c1-4-29-19-12-11-17(15-20(19)30-5-2)13-14-24-23(27)22-21(28-3)16-26(25-22)18-9-7-6-8-10-18/h6-12,15-16H,4-5,13-14H2,1-3H3,(H,24,27). The molecule has 30 heavy (non-hydrogen) atoms. The number of benzene rings is 2. The molecule has 3 aromatic rings. The number of ether oxygens (including phenoxy) is 3. The van der Waals surface area contributed by atoms with Crippen LogP contribution < -0.4 is 19.5 Å². The second kappa shape index (κ2) is 10.3. The highest BCUT2D eigenvalue weighted by molar-refractivity contribution is 5.94. The summed E-state index contributed by atoms with van der Waals surface area (Å²) in [7, 11) is 1.53. The molecule has 0 aliphatic heterocycles. The van der Waals surface area contributed by atoms with Crippen molar-refractivity contribution in [1.82, 2.24) is 15.1 Å². The van der Waals surface area contributed by atoms with Gasteiger partial charge in [-0.3, -0.25) is 4.79 Å². The largest absolute Gasteiger partial charge is 0.493 e. The van der Waals surface area contributed by atoms with E-state index in [9.17, 15) is 4.79 Å². The maximum absolute atomic E-state index is 12.7. The van der Waals surface area contributed by atoms with Gasteiger partial charge in [-0.05, 0) is 50.1 Å². The summed E-state index contributed by atoms with van der Waals surface area (Å²) in [5, 5.41) is 7.30. The first-order valence-electron chi connectivity index (χ1n) is 10.0. The van der Waals surface area contributed by atoms with Crippen LogP contribution in [0.5, 0.6) is 17.2 Å². The van der Waals surface area contributed by atoms with Gasteiger partial charge in [0.1, 0.15) is 0 Å². The van der Waals surface area contributed by atoms with Crippen LogP contribution in [0.1, 0.15) is 29.9 Å². The fourth-order valence-electron chi connectivity index (χ4n) is 3.03. The van der Waals surface area contributed by atoms with Crippen molar-refractivity contribution >= 4 is 5.91 Å². The van der Waals surface area contributed by atoms with Crippen molar-refractivity contribution in [3.8, 4) is 22.9 Å². The van der Waals surface area contributed by atoms with E-state index in [-0.39, 0.29) is 11.6 Å². The average molecular weight is 409 g/mol. The maximum Gasteiger partial charge on any atom is 0.275 e. The third-order valence-electron chi connectivity index (χ3n) is 4.44. The molecule has 0 spiro atoms. The van der Waals surface area contributed by atoms with Crippen LogP contribution in [0, 0.1) is 0 Å². The van der Waals surface area contributed by atoms with Crippen LogP contribution in [0.25, 0.3) is 5.69 Å². The fourth-order valence-corrected chi connectivity index (χ4v) is 3.03. The molecular weight excluding hydrogens is 382 g/mol. The molecule has 0 radical (unpaired) electrons. The van der Waals surface area contributed by atoms with Gasteiger partial charge in [0.2, 0.25) is 0 Å². The monoisotopic (exact) mass is 409 g/mol. The van der Waals surface area contributed by atoms with E-state index in [1.54, 1.807) is 10.9 Å². The molecule has 0 bridgehead atoms. The SMILES string of the molecule is CCOc1ccc(CCNC(=O)c2nn(-c3ccccc3)cc2OC)cc1OCC. The zero-order valence-corrected chi connectivity index (χ0v) is 17.6. The Morgan fingerprint density at radius 2 is 1.73 bits per heavy atom. The number of hydrogen-bond acceptors (Lipinski definition) is 5.